The maximum Gasteiger partial charge on any atom is 0.148 e. The largest absolute Gasteiger partial charge is 0.255 e. The number of nitrogens with zero attached hydrogens (tertiary/aromatic N) is 1. The molecule has 0 spiro atoms. The van der Waals surface area contributed by atoms with E-state index in [1.807, 2.05) is 18.2 Å². The van der Waals surface area contributed by atoms with E-state index in [-0.39, 0.29) is 5.82 Å². The van der Waals surface area contributed by atoms with Gasteiger partial charge in [0, 0.05) is 6.20 Å². The first-order valence-electron chi connectivity index (χ1n) is 3.63. The molecule has 0 saturated carbocycles. The molecule has 13 heavy (non-hydrogen) atoms. The Bertz CT molecular complexity index is 393. The Morgan fingerprint density at radius 3 is 2.77 bits per heavy atom. The lowest BCUT2D eigenvalue weighted by Crippen LogP contribution is -1.75. The van der Waals surface area contributed by atoms with E-state index in [9.17, 15) is 4.39 Å². The summed E-state index contributed by atoms with van der Waals surface area (Å²) < 4.78 is 13.5. The number of hydrogen-bond acceptors (Lipinski definition) is 2. The Morgan fingerprint density at radius 2 is 2.23 bits per heavy atom. The minimum Gasteiger partial charge on any atom is -0.255 e. The second-order valence-corrected chi connectivity index (χ2v) is 4.82. The fourth-order valence-corrected chi connectivity index (χ4v) is 2.36. The van der Waals surface area contributed by atoms with Crippen LogP contribution >= 0.6 is 27.3 Å². The van der Waals surface area contributed by atoms with Crippen LogP contribution < -0.4 is 0 Å². The zero-order chi connectivity index (χ0) is 9.26. The van der Waals surface area contributed by atoms with Gasteiger partial charge in [0.1, 0.15) is 9.60 Å². The van der Waals surface area contributed by atoms with Crippen LogP contribution in [0.3, 0.4) is 0 Å². The summed E-state index contributed by atoms with van der Waals surface area (Å²) in [4.78, 5) is 4.96. The monoisotopic (exact) mass is 257 g/mol. The van der Waals surface area contributed by atoms with Crippen molar-refractivity contribution in [1.29, 1.82) is 0 Å². The van der Waals surface area contributed by atoms with Crippen molar-refractivity contribution in [2.24, 2.45) is 0 Å². The predicted molar refractivity (Wildman–Crippen MR) is 55.2 cm³/mol. The number of rotatable bonds is 1. The van der Waals surface area contributed by atoms with Crippen LogP contribution in [0, 0.1) is 5.82 Å². The molecule has 4 heteroatoms. The first kappa shape index (κ1) is 8.84. The first-order chi connectivity index (χ1) is 6.27. The predicted octanol–water partition coefficient (Wildman–Crippen LogP) is 3.71. The summed E-state index contributed by atoms with van der Waals surface area (Å²) in [7, 11) is 0. The second-order valence-electron chi connectivity index (χ2n) is 2.45. The van der Waals surface area contributed by atoms with Crippen LogP contribution in [0.1, 0.15) is 0 Å². The minimum atomic E-state index is -0.231. The van der Waals surface area contributed by atoms with Crippen LogP contribution in [-0.2, 0) is 0 Å². The standard InChI is InChI=1S/C9H5BrFNS/c10-9-6(11)5-8(13-9)7-3-1-2-4-12-7/h1-5H. The Labute approximate surface area is 87.4 Å². The molecule has 0 atom stereocenters. The van der Waals surface area contributed by atoms with Gasteiger partial charge in [-0.25, -0.2) is 4.39 Å². The van der Waals surface area contributed by atoms with Crippen LogP contribution in [0.5, 0.6) is 0 Å². The number of aromatic nitrogens is 1. The van der Waals surface area contributed by atoms with Crippen molar-refractivity contribution < 1.29 is 4.39 Å². The summed E-state index contributed by atoms with van der Waals surface area (Å²) in [6.07, 6.45) is 1.70. The quantitative estimate of drug-likeness (QED) is 0.759. The topological polar surface area (TPSA) is 12.9 Å². The van der Waals surface area contributed by atoms with Crippen molar-refractivity contribution in [1.82, 2.24) is 4.98 Å². The van der Waals surface area contributed by atoms with Crippen molar-refractivity contribution in [2.75, 3.05) is 0 Å². The van der Waals surface area contributed by atoms with Crippen molar-refractivity contribution >= 4 is 27.3 Å². The Kier molecular flexibility index (Phi) is 2.42. The van der Waals surface area contributed by atoms with Crippen LogP contribution in [0.25, 0.3) is 10.6 Å². The van der Waals surface area contributed by atoms with Crippen molar-refractivity contribution in [3.8, 4) is 10.6 Å². The van der Waals surface area contributed by atoms with Gasteiger partial charge >= 0.3 is 0 Å². The van der Waals surface area contributed by atoms with E-state index < -0.39 is 0 Å². The molecular formula is C9H5BrFNS. The highest BCUT2D eigenvalue weighted by atomic mass is 79.9. The van der Waals surface area contributed by atoms with Gasteiger partial charge in [0.2, 0.25) is 0 Å². The molecule has 0 saturated heterocycles. The smallest absolute Gasteiger partial charge is 0.148 e. The van der Waals surface area contributed by atoms with Gasteiger partial charge in [-0.05, 0) is 34.1 Å². The molecule has 0 aromatic carbocycles. The fraction of sp³-hybridized carbons (Fsp3) is 0. The minimum absolute atomic E-state index is 0.231. The maximum atomic E-state index is 13.0. The molecule has 2 aromatic heterocycles. The highest BCUT2D eigenvalue weighted by Gasteiger charge is 2.07. The number of halogens is 2. The fourth-order valence-electron chi connectivity index (χ4n) is 0.981. The van der Waals surface area contributed by atoms with Gasteiger partial charge in [-0.15, -0.1) is 11.3 Å². The zero-order valence-electron chi connectivity index (χ0n) is 6.50. The van der Waals surface area contributed by atoms with E-state index in [1.54, 1.807) is 6.20 Å². The lowest BCUT2D eigenvalue weighted by molar-refractivity contribution is 0.628. The molecule has 0 radical (unpaired) electrons. The molecule has 0 bridgehead atoms. The molecule has 0 aliphatic heterocycles. The van der Waals surface area contributed by atoms with E-state index in [4.69, 9.17) is 0 Å². The summed E-state index contributed by atoms with van der Waals surface area (Å²) in [5, 5.41) is 0. The molecule has 2 rings (SSSR count). The van der Waals surface area contributed by atoms with Crippen molar-refractivity contribution in [3.05, 3.63) is 40.1 Å². The summed E-state index contributed by atoms with van der Waals surface area (Å²) >= 11 is 4.48. The van der Waals surface area contributed by atoms with Crippen LogP contribution in [0.15, 0.2) is 34.2 Å². The molecule has 0 aliphatic carbocycles. The highest BCUT2D eigenvalue weighted by Crippen LogP contribution is 2.32. The number of thiophene rings is 1. The molecule has 0 fully saturated rings. The molecule has 0 amide bonds. The average molecular weight is 258 g/mol. The molecule has 0 N–H and O–H groups in total. The molecular weight excluding hydrogens is 253 g/mol. The van der Waals surface area contributed by atoms with E-state index in [0.29, 0.717) is 3.79 Å². The molecule has 0 aliphatic rings. The summed E-state index contributed by atoms with van der Waals surface area (Å²) in [5.41, 5.74) is 0.803. The van der Waals surface area contributed by atoms with E-state index in [0.717, 1.165) is 10.6 Å². The maximum absolute atomic E-state index is 13.0. The van der Waals surface area contributed by atoms with Crippen LogP contribution in [-0.4, -0.2) is 4.98 Å². The SMILES string of the molecule is Fc1cc(-c2ccccn2)sc1Br. The molecule has 2 aromatic rings. The Balaban J connectivity index is 2.48. The third-order valence-corrected chi connectivity index (χ3v) is 3.35. The summed E-state index contributed by atoms with van der Waals surface area (Å²) in [6, 6.07) is 7.06. The van der Waals surface area contributed by atoms with Gasteiger partial charge in [0.25, 0.3) is 0 Å². The molecule has 2 heterocycles. The van der Waals surface area contributed by atoms with E-state index in [1.165, 1.54) is 17.4 Å². The van der Waals surface area contributed by atoms with Crippen molar-refractivity contribution in [3.63, 3.8) is 0 Å². The first-order valence-corrected chi connectivity index (χ1v) is 5.24. The third kappa shape index (κ3) is 1.78. The van der Waals surface area contributed by atoms with Gasteiger partial charge in [-0.1, -0.05) is 6.07 Å². The van der Waals surface area contributed by atoms with Gasteiger partial charge in [0.15, 0.2) is 0 Å². The number of pyridine rings is 1. The van der Waals surface area contributed by atoms with E-state index in [2.05, 4.69) is 20.9 Å². The Hall–Kier alpha value is -0.740. The zero-order valence-corrected chi connectivity index (χ0v) is 8.90. The highest BCUT2D eigenvalue weighted by molar-refractivity contribution is 9.11. The molecule has 1 nitrogen and oxygen atoms in total. The summed E-state index contributed by atoms with van der Waals surface area (Å²) in [6.45, 7) is 0. The van der Waals surface area contributed by atoms with Crippen LogP contribution in [0.2, 0.25) is 0 Å². The average Bonchev–Trinajstić information content (AvgIpc) is 2.49. The summed E-state index contributed by atoms with van der Waals surface area (Å²) in [5.74, 6) is -0.231. The van der Waals surface area contributed by atoms with Crippen LogP contribution in [0.4, 0.5) is 4.39 Å². The van der Waals surface area contributed by atoms with Crippen molar-refractivity contribution in [2.45, 2.75) is 0 Å². The lowest BCUT2D eigenvalue weighted by Gasteiger charge is -1.92. The third-order valence-electron chi connectivity index (χ3n) is 1.56. The normalized spacial score (nSPS) is 10.3. The Morgan fingerprint density at radius 1 is 1.38 bits per heavy atom. The number of hydrogen-bond donors (Lipinski definition) is 0. The van der Waals surface area contributed by atoms with Gasteiger partial charge in [-0.3, -0.25) is 4.98 Å². The van der Waals surface area contributed by atoms with E-state index >= 15 is 0 Å². The van der Waals surface area contributed by atoms with Gasteiger partial charge in [-0.2, -0.15) is 0 Å². The lowest BCUT2D eigenvalue weighted by atomic mass is 10.3. The van der Waals surface area contributed by atoms with Gasteiger partial charge in [0.05, 0.1) is 10.6 Å². The molecule has 0 unspecified atom stereocenters. The molecule has 66 valence electrons. The second kappa shape index (κ2) is 3.55. The van der Waals surface area contributed by atoms with Gasteiger partial charge < -0.3 is 0 Å².